The van der Waals surface area contributed by atoms with Gasteiger partial charge in [0.1, 0.15) is 25.4 Å². The topological polar surface area (TPSA) is 91.4 Å². The fourth-order valence-corrected chi connectivity index (χ4v) is 2.23. The second-order valence-corrected chi connectivity index (χ2v) is 6.19. The van der Waals surface area contributed by atoms with Gasteiger partial charge in [0, 0.05) is 5.92 Å². The summed E-state index contributed by atoms with van der Waals surface area (Å²) in [6, 6.07) is 0. The van der Waals surface area contributed by atoms with Crippen LogP contribution in [0.3, 0.4) is 0 Å². The first-order valence-electron chi connectivity index (χ1n) is 8.14. The second-order valence-electron chi connectivity index (χ2n) is 6.19. The van der Waals surface area contributed by atoms with E-state index in [-0.39, 0.29) is 25.2 Å². The Labute approximate surface area is 135 Å². The minimum absolute atomic E-state index is 0.187. The van der Waals surface area contributed by atoms with Crippen LogP contribution in [0, 0.1) is 5.92 Å². The zero-order valence-corrected chi connectivity index (χ0v) is 13.3. The summed E-state index contributed by atoms with van der Waals surface area (Å²) >= 11 is 0. The van der Waals surface area contributed by atoms with Crippen LogP contribution in [0.1, 0.15) is 0 Å². The average molecular weight is 334 g/mol. The lowest BCUT2D eigenvalue weighted by molar-refractivity contribution is -0.112. The Morgan fingerprint density at radius 2 is 1.74 bits per heavy atom. The van der Waals surface area contributed by atoms with Gasteiger partial charge in [-0.15, -0.1) is 0 Å². The van der Waals surface area contributed by atoms with Gasteiger partial charge in [-0.25, -0.2) is 0 Å². The van der Waals surface area contributed by atoms with Gasteiger partial charge in [0.05, 0.1) is 59.5 Å². The molecule has 0 aliphatic carbocycles. The van der Waals surface area contributed by atoms with Crippen molar-refractivity contribution in [1.29, 1.82) is 0 Å². The van der Waals surface area contributed by atoms with Crippen LogP contribution < -0.4 is 0 Å². The molecule has 0 spiro atoms. The van der Waals surface area contributed by atoms with Crippen molar-refractivity contribution in [2.24, 2.45) is 5.92 Å². The van der Waals surface area contributed by atoms with Gasteiger partial charge in [-0.05, 0) is 0 Å². The molecule has 3 unspecified atom stereocenters. The van der Waals surface area contributed by atoms with Crippen LogP contribution in [0.4, 0.5) is 0 Å². The highest BCUT2D eigenvalue weighted by Crippen LogP contribution is 2.30. The lowest BCUT2D eigenvalue weighted by Crippen LogP contribution is -2.30. The molecule has 0 aromatic heterocycles. The van der Waals surface area contributed by atoms with E-state index in [4.69, 9.17) is 33.2 Å². The first-order valence-corrected chi connectivity index (χ1v) is 8.14. The maximum absolute atomic E-state index is 9.87. The number of aliphatic hydroxyl groups is 1. The Bertz CT molecular complexity index is 336. The standard InChI is InChI=1S/C15H26O8/c16-13(6-19-5-12-3-17-1-2-18-4-12)7-20-10-15(11-23-15)22-9-14-8-21-14/h12-14,16H,1-11H2. The summed E-state index contributed by atoms with van der Waals surface area (Å²) in [4.78, 5) is 0. The smallest absolute Gasteiger partial charge is 0.216 e. The van der Waals surface area contributed by atoms with Gasteiger partial charge in [-0.1, -0.05) is 0 Å². The minimum Gasteiger partial charge on any atom is -0.388 e. The van der Waals surface area contributed by atoms with Crippen molar-refractivity contribution in [3.8, 4) is 0 Å². The Hall–Kier alpha value is -0.320. The molecule has 0 aromatic rings. The zero-order chi connectivity index (χ0) is 16.0. The quantitative estimate of drug-likeness (QED) is 0.490. The SMILES string of the molecule is OC(COCC1COCCOC1)COCC1(OCC2CO2)CO1. The number of epoxide rings is 2. The summed E-state index contributed by atoms with van der Waals surface area (Å²) in [7, 11) is 0. The van der Waals surface area contributed by atoms with Crippen LogP contribution in [0.25, 0.3) is 0 Å². The van der Waals surface area contributed by atoms with Crippen molar-refractivity contribution in [2.45, 2.75) is 18.0 Å². The third kappa shape index (κ3) is 6.60. The third-order valence-electron chi connectivity index (χ3n) is 3.78. The Morgan fingerprint density at radius 1 is 1.04 bits per heavy atom. The summed E-state index contributed by atoms with van der Waals surface area (Å²) in [5, 5.41) is 9.87. The van der Waals surface area contributed by atoms with Crippen molar-refractivity contribution in [1.82, 2.24) is 0 Å². The minimum atomic E-state index is -0.676. The van der Waals surface area contributed by atoms with Crippen LogP contribution in [0.2, 0.25) is 0 Å². The lowest BCUT2D eigenvalue weighted by Gasteiger charge is -2.17. The molecule has 0 amide bonds. The monoisotopic (exact) mass is 334 g/mol. The van der Waals surface area contributed by atoms with E-state index in [9.17, 15) is 5.11 Å². The number of rotatable bonds is 11. The highest BCUT2D eigenvalue weighted by atomic mass is 16.8. The summed E-state index contributed by atoms with van der Waals surface area (Å²) < 4.78 is 37.7. The van der Waals surface area contributed by atoms with Crippen molar-refractivity contribution in [3.63, 3.8) is 0 Å². The van der Waals surface area contributed by atoms with E-state index in [0.717, 1.165) is 6.61 Å². The van der Waals surface area contributed by atoms with E-state index in [1.165, 1.54) is 0 Å². The molecule has 1 N–H and O–H groups in total. The maximum Gasteiger partial charge on any atom is 0.216 e. The molecule has 8 nitrogen and oxygen atoms in total. The van der Waals surface area contributed by atoms with Gasteiger partial charge in [-0.2, -0.15) is 0 Å². The van der Waals surface area contributed by atoms with Crippen molar-refractivity contribution < 1.29 is 38.3 Å². The van der Waals surface area contributed by atoms with Crippen LogP contribution in [-0.2, 0) is 33.2 Å². The molecule has 3 atom stereocenters. The number of aliphatic hydroxyl groups excluding tert-OH is 1. The predicted octanol–water partition coefficient (Wildman–Crippen LogP) is -0.815. The molecule has 3 rings (SSSR count). The molecule has 23 heavy (non-hydrogen) atoms. The fraction of sp³-hybridized carbons (Fsp3) is 1.00. The van der Waals surface area contributed by atoms with Crippen LogP contribution >= 0.6 is 0 Å². The van der Waals surface area contributed by atoms with Gasteiger partial charge >= 0.3 is 0 Å². The number of hydrogen-bond acceptors (Lipinski definition) is 8. The molecular weight excluding hydrogens is 308 g/mol. The second kappa shape index (κ2) is 8.68. The molecule has 0 aromatic carbocycles. The first-order chi connectivity index (χ1) is 11.3. The summed E-state index contributed by atoms with van der Waals surface area (Å²) in [5.74, 6) is -0.423. The predicted molar refractivity (Wildman–Crippen MR) is 77.1 cm³/mol. The molecule has 3 aliphatic heterocycles. The third-order valence-corrected chi connectivity index (χ3v) is 3.78. The van der Waals surface area contributed by atoms with Crippen molar-refractivity contribution in [2.75, 3.05) is 72.7 Å². The highest BCUT2D eigenvalue weighted by molar-refractivity contribution is 4.83. The molecule has 0 radical (unpaired) electrons. The van der Waals surface area contributed by atoms with Crippen molar-refractivity contribution >= 4 is 0 Å². The molecule has 0 saturated carbocycles. The maximum atomic E-state index is 9.87. The van der Waals surface area contributed by atoms with Gasteiger partial charge in [0.15, 0.2) is 0 Å². The molecule has 3 heterocycles. The Morgan fingerprint density at radius 3 is 2.39 bits per heavy atom. The van der Waals surface area contributed by atoms with Gasteiger partial charge in [-0.3, -0.25) is 0 Å². The fourth-order valence-electron chi connectivity index (χ4n) is 2.23. The number of ether oxygens (including phenoxy) is 7. The van der Waals surface area contributed by atoms with Crippen LogP contribution in [0.15, 0.2) is 0 Å². The van der Waals surface area contributed by atoms with E-state index < -0.39 is 11.9 Å². The molecule has 3 saturated heterocycles. The van der Waals surface area contributed by atoms with Crippen LogP contribution in [-0.4, -0.2) is 95.8 Å². The molecule has 8 heteroatoms. The Balaban J connectivity index is 1.20. The normalized spacial score (nSPS) is 32.5. The lowest BCUT2D eigenvalue weighted by atomic mass is 10.2. The van der Waals surface area contributed by atoms with E-state index in [1.54, 1.807) is 0 Å². The molecule has 0 bridgehead atoms. The average Bonchev–Trinajstić information content (AvgIpc) is 3.41. The summed E-state index contributed by atoms with van der Waals surface area (Å²) in [6.07, 6.45) is -0.475. The molecular formula is C15H26O8. The molecule has 134 valence electrons. The zero-order valence-electron chi connectivity index (χ0n) is 13.3. The summed E-state index contributed by atoms with van der Waals surface area (Å²) in [5.41, 5.74) is 0. The molecule has 3 aliphatic rings. The van der Waals surface area contributed by atoms with Gasteiger partial charge in [0.25, 0.3) is 0 Å². The van der Waals surface area contributed by atoms with E-state index in [1.807, 2.05) is 0 Å². The van der Waals surface area contributed by atoms with E-state index in [2.05, 4.69) is 0 Å². The van der Waals surface area contributed by atoms with Gasteiger partial charge < -0.3 is 38.3 Å². The number of hydrogen-bond donors (Lipinski definition) is 1. The first kappa shape index (κ1) is 17.5. The Kier molecular flexibility index (Phi) is 6.61. The van der Waals surface area contributed by atoms with Gasteiger partial charge in [0.2, 0.25) is 5.79 Å². The highest BCUT2D eigenvalue weighted by Gasteiger charge is 2.48. The van der Waals surface area contributed by atoms with Crippen molar-refractivity contribution in [3.05, 3.63) is 0 Å². The van der Waals surface area contributed by atoms with Crippen LogP contribution in [0.5, 0.6) is 0 Å². The molecule has 3 fully saturated rings. The largest absolute Gasteiger partial charge is 0.388 e. The van der Waals surface area contributed by atoms with E-state index >= 15 is 0 Å². The van der Waals surface area contributed by atoms with E-state index in [0.29, 0.717) is 52.9 Å². The summed E-state index contributed by atoms with van der Waals surface area (Å²) in [6.45, 7) is 5.56.